The van der Waals surface area contributed by atoms with E-state index in [1.54, 1.807) is 0 Å². The van der Waals surface area contributed by atoms with Crippen molar-refractivity contribution < 1.29 is 0 Å². The van der Waals surface area contributed by atoms with Crippen LogP contribution in [0.15, 0.2) is 60.8 Å². The average molecular weight is 274 g/mol. The van der Waals surface area contributed by atoms with Gasteiger partial charge in [-0.05, 0) is 54.7 Å². The highest BCUT2D eigenvalue weighted by atomic mass is 14.9. The number of nitrogens with zero attached hydrogens (tertiary/aromatic N) is 1. The van der Waals surface area contributed by atoms with Gasteiger partial charge in [0.1, 0.15) is 0 Å². The predicted octanol–water partition coefficient (Wildman–Crippen LogP) is 4.20. The topological polar surface area (TPSA) is 24.9 Å². The summed E-state index contributed by atoms with van der Waals surface area (Å²) in [7, 11) is 0. The zero-order valence-corrected chi connectivity index (χ0v) is 11.9. The van der Waals surface area contributed by atoms with Crippen LogP contribution in [0.3, 0.4) is 0 Å². The van der Waals surface area contributed by atoms with Gasteiger partial charge in [0.05, 0.1) is 5.52 Å². The lowest BCUT2D eigenvalue weighted by atomic mass is 9.88. The van der Waals surface area contributed by atoms with Gasteiger partial charge in [0.25, 0.3) is 0 Å². The highest BCUT2D eigenvalue weighted by molar-refractivity contribution is 5.82. The highest BCUT2D eigenvalue weighted by Crippen LogP contribution is 2.25. The van der Waals surface area contributed by atoms with Crippen LogP contribution in [0.5, 0.6) is 0 Å². The SMILES string of the molecule is c1ccc2c(c1)CCC(Nc1ccc3ncccc3c1)C2. The van der Waals surface area contributed by atoms with E-state index in [0.29, 0.717) is 6.04 Å². The first-order chi connectivity index (χ1) is 10.4. The summed E-state index contributed by atoms with van der Waals surface area (Å²) in [6.07, 6.45) is 5.32. The maximum absolute atomic E-state index is 4.37. The molecule has 1 unspecified atom stereocenters. The number of aromatic nitrogens is 1. The normalized spacial score (nSPS) is 17.4. The monoisotopic (exact) mass is 274 g/mol. The van der Waals surface area contributed by atoms with Crippen LogP contribution in [-0.2, 0) is 12.8 Å². The number of fused-ring (bicyclic) bond motifs is 2. The fourth-order valence-electron chi connectivity index (χ4n) is 3.22. The first-order valence-corrected chi connectivity index (χ1v) is 7.56. The summed E-state index contributed by atoms with van der Waals surface area (Å²) in [6, 6.07) is 19.8. The number of anilines is 1. The molecule has 0 radical (unpaired) electrons. The van der Waals surface area contributed by atoms with E-state index in [-0.39, 0.29) is 0 Å². The highest BCUT2D eigenvalue weighted by Gasteiger charge is 2.17. The quantitative estimate of drug-likeness (QED) is 0.757. The Bertz CT molecular complexity index is 779. The molecule has 0 fully saturated rings. The van der Waals surface area contributed by atoms with Gasteiger partial charge < -0.3 is 5.32 Å². The van der Waals surface area contributed by atoms with Crippen molar-refractivity contribution in [2.75, 3.05) is 5.32 Å². The molecular formula is C19H18N2. The van der Waals surface area contributed by atoms with Crippen molar-refractivity contribution >= 4 is 16.6 Å². The molecule has 0 amide bonds. The fraction of sp³-hybridized carbons (Fsp3) is 0.211. The molecule has 2 aromatic carbocycles. The number of rotatable bonds is 2. The van der Waals surface area contributed by atoms with E-state index >= 15 is 0 Å². The third kappa shape index (κ3) is 2.49. The Morgan fingerprint density at radius 1 is 0.952 bits per heavy atom. The van der Waals surface area contributed by atoms with E-state index in [9.17, 15) is 0 Å². The molecule has 0 saturated heterocycles. The van der Waals surface area contributed by atoms with Gasteiger partial charge in [-0.3, -0.25) is 4.98 Å². The first kappa shape index (κ1) is 12.4. The van der Waals surface area contributed by atoms with E-state index in [0.717, 1.165) is 11.9 Å². The number of pyridine rings is 1. The fourth-order valence-corrected chi connectivity index (χ4v) is 3.22. The Morgan fingerprint density at radius 3 is 2.81 bits per heavy atom. The molecular weight excluding hydrogens is 256 g/mol. The Kier molecular flexibility index (Phi) is 3.07. The third-order valence-corrected chi connectivity index (χ3v) is 4.32. The summed E-state index contributed by atoms with van der Waals surface area (Å²) in [4.78, 5) is 4.37. The van der Waals surface area contributed by atoms with Crippen molar-refractivity contribution in [3.05, 3.63) is 71.9 Å². The smallest absolute Gasteiger partial charge is 0.0703 e. The number of nitrogens with one attached hydrogen (secondary N) is 1. The van der Waals surface area contributed by atoms with Crippen LogP contribution in [0.2, 0.25) is 0 Å². The molecule has 1 heterocycles. The molecule has 0 bridgehead atoms. The van der Waals surface area contributed by atoms with Crippen molar-refractivity contribution in [3.8, 4) is 0 Å². The summed E-state index contributed by atoms with van der Waals surface area (Å²) in [5.41, 5.74) is 5.25. The van der Waals surface area contributed by atoms with Crippen molar-refractivity contribution in [1.82, 2.24) is 4.98 Å². The zero-order valence-electron chi connectivity index (χ0n) is 11.9. The third-order valence-electron chi connectivity index (χ3n) is 4.32. The molecule has 4 rings (SSSR count). The van der Waals surface area contributed by atoms with Gasteiger partial charge in [-0.15, -0.1) is 0 Å². The van der Waals surface area contributed by atoms with Crippen LogP contribution in [0.4, 0.5) is 5.69 Å². The molecule has 1 aliphatic carbocycles. The minimum absolute atomic E-state index is 0.522. The molecule has 2 nitrogen and oxygen atoms in total. The first-order valence-electron chi connectivity index (χ1n) is 7.56. The van der Waals surface area contributed by atoms with E-state index in [1.165, 1.54) is 35.0 Å². The molecule has 1 N–H and O–H groups in total. The van der Waals surface area contributed by atoms with E-state index in [4.69, 9.17) is 0 Å². The van der Waals surface area contributed by atoms with Crippen LogP contribution in [0.25, 0.3) is 10.9 Å². The second kappa shape index (κ2) is 5.21. The minimum atomic E-state index is 0.522. The number of benzene rings is 2. The largest absolute Gasteiger partial charge is 0.382 e. The second-order valence-corrected chi connectivity index (χ2v) is 5.76. The number of aryl methyl sites for hydroxylation is 1. The summed E-state index contributed by atoms with van der Waals surface area (Å²) in [5.74, 6) is 0. The van der Waals surface area contributed by atoms with Crippen molar-refractivity contribution in [3.63, 3.8) is 0 Å². The van der Waals surface area contributed by atoms with Crippen molar-refractivity contribution in [1.29, 1.82) is 0 Å². The van der Waals surface area contributed by atoms with Gasteiger partial charge in [0.15, 0.2) is 0 Å². The molecule has 2 heteroatoms. The molecule has 21 heavy (non-hydrogen) atoms. The van der Waals surface area contributed by atoms with E-state index in [2.05, 4.69) is 58.8 Å². The molecule has 0 aliphatic heterocycles. The second-order valence-electron chi connectivity index (χ2n) is 5.76. The predicted molar refractivity (Wildman–Crippen MR) is 87.6 cm³/mol. The van der Waals surface area contributed by atoms with E-state index < -0.39 is 0 Å². The lowest BCUT2D eigenvalue weighted by Gasteiger charge is -2.26. The molecule has 1 aromatic heterocycles. The molecule has 0 saturated carbocycles. The van der Waals surface area contributed by atoms with Gasteiger partial charge >= 0.3 is 0 Å². The Morgan fingerprint density at radius 2 is 1.86 bits per heavy atom. The van der Waals surface area contributed by atoms with Crippen LogP contribution in [0, 0.1) is 0 Å². The van der Waals surface area contributed by atoms with Gasteiger partial charge in [0.2, 0.25) is 0 Å². The summed E-state index contributed by atoms with van der Waals surface area (Å²) in [5, 5.41) is 4.88. The lowest BCUT2D eigenvalue weighted by Crippen LogP contribution is -2.27. The maximum Gasteiger partial charge on any atom is 0.0703 e. The minimum Gasteiger partial charge on any atom is -0.382 e. The number of hydrogen-bond donors (Lipinski definition) is 1. The van der Waals surface area contributed by atoms with Crippen LogP contribution in [-0.4, -0.2) is 11.0 Å². The summed E-state index contributed by atoms with van der Waals surface area (Å²) in [6.45, 7) is 0. The van der Waals surface area contributed by atoms with Crippen LogP contribution >= 0.6 is 0 Å². The van der Waals surface area contributed by atoms with Gasteiger partial charge in [-0.2, -0.15) is 0 Å². The molecule has 1 atom stereocenters. The lowest BCUT2D eigenvalue weighted by molar-refractivity contribution is 0.611. The Balaban J connectivity index is 1.55. The molecule has 3 aromatic rings. The Hall–Kier alpha value is -2.35. The molecule has 1 aliphatic rings. The molecule has 0 spiro atoms. The van der Waals surface area contributed by atoms with E-state index in [1.807, 2.05) is 12.3 Å². The standard InChI is InChI=1S/C19H18N2/c1-2-5-15-12-17(8-7-14(15)4-1)21-18-9-10-19-16(13-18)6-3-11-20-19/h1-6,9-11,13,17,21H,7-8,12H2. The average Bonchev–Trinajstić information content (AvgIpc) is 2.55. The summed E-state index contributed by atoms with van der Waals surface area (Å²) < 4.78 is 0. The Labute approximate surface area is 124 Å². The van der Waals surface area contributed by atoms with Crippen molar-refractivity contribution in [2.24, 2.45) is 0 Å². The van der Waals surface area contributed by atoms with Crippen LogP contribution < -0.4 is 5.32 Å². The zero-order chi connectivity index (χ0) is 14.1. The summed E-state index contributed by atoms with van der Waals surface area (Å²) >= 11 is 0. The molecule has 104 valence electrons. The van der Waals surface area contributed by atoms with Gasteiger partial charge in [0, 0.05) is 23.3 Å². The van der Waals surface area contributed by atoms with Crippen molar-refractivity contribution in [2.45, 2.75) is 25.3 Å². The maximum atomic E-state index is 4.37. The van der Waals surface area contributed by atoms with Gasteiger partial charge in [-0.1, -0.05) is 30.3 Å². The van der Waals surface area contributed by atoms with Gasteiger partial charge in [-0.25, -0.2) is 0 Å². The van der Waals surface area contributed by atoms with Crippen LogP contribution in [0.1, 0.15) is 17.5 Å². The number of hydrogen-bond acceptors (Lipinski definition) is 2.